The number of hydrogen-bond acceptors (Lipinski definition) is 6. The van der Waals surface area contributed by atoms with Gasteiger partial charge in [0.2, 0.25) is 5.95 Å². The van der Waals surface area contributed by atoms with Crippen LogP contribution in [0.3, 0.4) is 0 Å². The summed E-state index contributed by atoms with van der Waals surface area (Å²) in [6.45, 7) is 3.82. The van der Waals surface area contributed by atoms with Crippen LogP contribution in [0, 0.1) is 5.82 Å². The maximum atomic E-state index is 14.4. The van der Waals surface area contributed by atoms with Gasteiger partial charge < -0.3 is 4.90 Å². The molecule has 1 aliphatic heterocycles. The average molecular weight is 480 g/mol. The maximum absolute atomic E-state index is 14.4. The van der Waals surface area contributed by atoms with Crippen molar-refractivity contribution >= 4 is 26.7 Å². The third kappa shape index (κ3) is 4.27. The number of piperidine rings is 1. The number of hydrogen-bond donors (Lipinski definition) is 0. The molecule has 0 atom stereocenters. The summed E-state index contributed by atoms with van der Waals surface area (Å²) in [4.78, 5) is 10.9. The predicted molar refractivity (Wildman–Crippen MR) is 130 cm³/mol. The molecule has 0 amide bonds. The molecule has 4 aromatic rings. The van der Waals surface area contributed by atoms with Crippen LogP contribution in [-0.2, 0) is 16.3 Å². The van der Waals surface area contributed by atoms with Gasteiger partial charge in [-0.25, -0.2) is 22.8 Å². The molecule has 0 aliphatic carbocycles. The Hall–Kier alpha value is -3.33. The van der Waals surface area contributed by atoms with E-state index in [1.165, 1.54) is 12.1 Å². The lowest BCUT2D eigenvalue weighted by Gasteiger charge is -2.32. The van der Waals surface area contributed by atoms with E-state index in [1.54, 1.807) is 6.07 Å². The van der Waals surface area contributed by atoms with Gasteiger partial charge in [0, 0.05) is 37.1 Å². The van der Waals surface area contributed by atoms with Gasteiger partial charge in [-0.1, -0.05) is 19.1 Å². The molecular weight excluding hydrogens is 453 g/mol. The Labute approximate surface area is 198 Å². The van der Waals surface area contributed by atoms with Crippen molar-refractivity contribution in [2.45, 2.75) is 37.1 Å². The average Bonchev–Trinajstić information content (AvgIpc) is 3.27. The van der Waals surface area contributed by atoms with Crippen LogP contribution in [-0.4, -0.2) is 47.5 Å². The second-order valence-corrected chi connectivity index (χ2v) is 10.7. The molecule has 0 N–H and O–H groups in total. The third-order valence-electron chi connectivity index (χ3n) is 6.45. The standard InChI is InChI=1S/C25H26FN5O2S/c1-3-17-14-27-25(28-15-17)30-10-8-21(9-11-30)31-23-6-4-18(12-20(23)16-29-31)19-5-7-24(22(26)13-19)34(2,32)33/h4-7,12-16,21H,3,8-11H2,1-2H3. The summed E-state index contributed by atoms with van der Waals surface area (Å²) in [5.74, 6) is 0.0376. The summed E-state index contributed by atoms with van der Waals surface area (Å²) in [5.41, 5.74) is 3.60. The molecule has 176 valence electrons. The van der Waals surface area contributed by atoms with E-state index in [2.05, 4.69) is 31.6 Å². The fourth-order valence-corrected chi connectivity index (χ4v) is 5.24. The fourth-order valence-electron chi connectivity index (χ4n) is 4.51. The van der Waals surface area contributed by atoms with Crippen LogP contribution in [0.15, 0.2) is 59.9 Å². The van der Waals surface area contributed by atoms with Gasteiger partial charge in [-0.05, 0) is 60.2 Å². The van der Waals surface area contributed by atoms with Crippen molar-refractivity contribution < 1.29 is 12.8 Å². The Morgan fingerprint density at radius 1 is 1.00 bits per heavy atom. The molecule has 1 saturated heterocycles. The number of halogens is 1. The van der Waals surface area contributed by atoms with Crippen molar-refractivity contribution in [3.8, 4) is 11.1 Å². The summed E-state index contributed by atoms with van der Waals surface area (Å²) < 4.78 is 39.8. The normalized spacial score (nSPS) is 15.2. The molecule has 2 aromatic carbocycles. The molecule has 2 aromatic heterocycles. The van der Waals surface area contributed by atoms with Crippen molar-refractivity contribution in [1.82, 2.24) is 19.7 Å². The summed E-state index contributed by atoms with van der Waals surface area (Å²) in [5, 5.41) is 5.62. The van der Waals surface area contributed by atoms with E-state index in [1.807, 2.05) is 36.8 Å². The van der Waals surface area contributed by atoms with Crippen LogP contribution in [0.5, 0.6) is 0 Å². The van der Waals surface area contributed by atoms with E-state index in [9.17, 15) is 12.8 Å². The summed E-state index contributed by atoms with van der Waals surface area (Å²) in [6.07, 6.45) is 9.44. The summed E-state index contributed by atoms with van der Waals surface area (Å²) in [7, 11) is -3.60. The highest BCUT2D eigenvalue weighted by Crippen LogP contribution is 2.31. The van der Waals surface area contributed by atoms with Crippen molar-refractivity contribution in [2.75, 3.05) is 24.2 Å². The molecule has 1 aliphatic rings. The van der Waals surface area contributed by atoms with E-state index in [4.69, 9.17) is 0 Å². The molecule has 0 spiro atoms. The van der Waals surface area contributed by atoms with Gasteiger partial charge in [-0.2, -0.15) is 5.10 Å². The minimum Gasteiger partial charge on any atom is -0.341 e. The smallest absolute Gasteiger partial charge is 0.225 e. The number of aryl methyl sites for hydroxylation is 1. The molecular formula is C25H26FN5O2S. The minimum atomic E-state index is -3.60. The zero-order chi connectivity index (χ0) is 23.9. The Balaban J connectivity index is 1.34. The molecule has 0 bridgehead atoms. The van der Waals surface area contributed by atoms with E-state index in [0.717, 1.165) is 66.6 Å². The number of fused-ring (bicyclic) bond motifs is 1. The number of rotatable bonds is 5. The van der Waals surface area contributed by atoms with Gasteiger partial charge in [-0.3, -0.25) is 4.68 Å². The first-order valence-corrected chi connectivity index (χ1v) is 13.3. The van der Waals surface area contributed by atoms with Crippen molar-refractivity contribution in [3.05, 3.63) is 66.4 Å². The Morgan fingerprint density at radius 2 is 1.68 bits per heavy atom. The lowest BCUT2D eigenvalue weighted by Crippen LogP contribution is -2.36. The van der Waals surface area contributed by atoms with Crippen LogP contribution in [0.25, 0.3) is 22.0 Å². The fraction of sp³-hybridized carbons (Fsp3) is 0.320. The number of sulfone groups is 1. The lowest BCUT2D eigenvalue weighted by molar-refractivity contribution is 0.374. The largest absolute Gasteiger partial charge is 0.341 e. The molecule has 0 radical (unpaired) electrons. The van der Waals surface area contributed by atoms with Crippen molar-refractivity contribution in [3.63, 3.8) is 0 Å². The molecule has 3 heterocycles. The monoisotopic (exact) mass is 479 g/mol. The second kappa shape index (κ2) is 8.79. The van der Waals surface area contributed by atoms with Gasteiger partial charge >= 0.3 is 0 Å². The first kappa shape index (κ1) is 22.5. The molecule has 9 heteroatoms. The van der Waals surface area contributed by atoms with E-state index < -0.39 is 15.7 Å². The number of anilines is 1. The minimum absolute atomic E-state index is 0.279. The van der Waals surface area contributed by atoms with Crippen molar-refractivity contribution in [1.29, 1.82) is 0 Å². The molecule has 1 fully saturated rings. The zero-order valence-corrected chi connectivity index (χ0v) is 20.0. The first-order chi connectivity index (χ1) is 16.3. The summed E-state index contributed by atoms with van der Waals surface area (Å²) >= 11 is 0. The van der Waals surface area contributed by atoms with Gasteiger partial charge in [0.15, 0.2) is 9.84 Å². The van der Waals surface area contributed by atoms with Crippen LogP contribution >= 0.6 is 0 Å². The highest BCUT2D eigenvalue weighted by atomic mass is 32.2. The van der Waals surface area contributed by atoms with Crippen LogP contribution in [0.2, 0.25) is 0 Å². The lowest BCUT2D eigenvalue weighted by atomic mass is 10.0. The van der Waals surface area contributed by atoms with E-state index in [0.29, 0.717) is 5.56 Å². The van der Waals surface area contributed by atoms with Gasteiger partial charge in [0.25, 0.3) is 0 Å². The highest BCUT2D eigenvalue weighted by molar-refractivity contribution is 7.90. The van der Waals surface area contributed by atoms with Crippen LogP contribution in [0.4, 0.5) is 10.3 Å². The Bertz CT molecular complexity index is 1440. The van der Waals surface area contributed by atoms with Crippen LogP contribution in [0.1, 0.15) is 31.4 Å². The zero-order valence-electron chi connectivity index (χ0n) is 19.1. The topological polar surface area (TPSA) is 81.0 Å². The Kier molecular flexibility index (Phi) is 5.81. The SMILES string of the molecule is CCc1cnc(N2CCC(n3ncc4cc(-c5ccc(S(C)(=O)=O)c(F)c5)ccc43)CC2)nc1. The molecule has 34 heavy (non-hydrogen) atoms. The van der Waals surface area contributed by atoms with Crippen LogP contribution < -0.4 is 4.90 Å². The second-order valence-electron chi connectivity index (χ2n) is 8.74. The van der Waals surface area contributed by atoms with E-state index in [-0.39, 0.29) is 10.9 Å². The van der Waals surface area contributed by atoms with Gasteiger partial charge in [-0.15, -0.1) is 0 Å². The number of benzene rings is 2. The number of aromatic nitrogens is 4. The predicted octanol–water partition coefficient (Wildman–Crippen LogP) is 4.44. The van der Waals surface area contributed by atoms with E-state index >= 15 is 0 Å². The molecule has 0 unspecified atom stereocenters. The summed E-state index contributed by atoms with van der Waals surface area (Å²) in [6, 6.07) is 10.4. The van der Waals surface area contributed by atoms with Gasteiger partial charge in [0.05, 0.1) is 17.8 Å². The van der Waals surface area contributed by atoms with Gasteiger partial charge in [0.1, 0.15) is 10.7 Å². The quantitative estimate of drug-likeness (QED) is 0.421. The third-order valence-corrected chi connectivity index (χ3v) is 7.58. The highest BCUT2D eigenvalue weighted by Gasteiger charge is 2.24. The molecule has 0 saturated carbocycles. The first-order valence-electron chi connectivity index (χ1n) is 11.4. The molecule has 7 nitrogen and oxygen atoms in total. The maximum Gasteiger partial charge on any atom is 0.225 e. The Morgan fingerprint density at radius 3 is 2.32 bits per heavy atom. The number of nitrogens with zero attached hydrogens (tertiary/aromatic N) is 5. The molecule has 5 rings (SSSR count). The van der Waals surface area contributed by atoms with Crippen molar-refractivity contribution in [2.24, 2.45) is 0 Å².